The molecule has 1 N–H and O–H groups in total. The van der Waals surface area contributed by atoms with E-state index in [1.54, 1.807) is 40.9 Å². The predicted molar refractivity (Wildman–Crippen MR) is 107 cm³/mol. The lowest BCUT2D eigenvalue weighted by Gasteiger charge is -2.30. The van der Waals surface area contributed by atoms with E-state index in [-0.39, 0.29) is 30.4 Å². The Labute approximate surface area is 173 Å². The summed E-state index contributed by atoms with van der Waals surface area (Å²) in [5.74, 6) is 2.48. The molecule has 2 saturated heterocycles. The minimum Gasteiger partial charge on any atom is -0.337 e. The van der Waals surface area contributed by atoms with Gasteiger partial charge in [-0.05, 0) is 31.3 Å². The third-order valence-electron chi connectivity index (χ3n) is 4.79. The smallest absolute Gasteiger partial charge is 0.255 e. The van der Waals surface area contributed by atoms with Gasteiger partial charge >= 0.3 is 0 Å². The number of nitrogens with one attached hydrogen (secondary N) is 1. The number of hydrogen-bond donors (Lipinski definition) is 1. The first-order valence-corrected chi connectivity index (χ1v) is 10.1. The summed E-state index contributed by atoms with van der Waals surface area (Å²) in [6, 6.07) is 6.83. The van der Waals surface area contributed by atoms with Crippen molar-refractivity contribution in [2.45, 2.75) is 12.1 Å². The summed E-state index contributed by atoms with van der Waals surface area (Å²) >= 11 is 7.60. The zero-order valence-electron chi connectivity index (χ0n) is 14.8. The van der Waals surface area contributed by atoms with Crippen LogP contribution in [-0.4, -0.2) is 64.2 Å². The summed E-state index contributed by atoms with van der Waals surface area (Å²) in [5.41, 5.74) is 0.609. The summed E-state index contributed by atoms with van der Waals surface area (Å²) in [5, 5.41) is 8.15. The zero-order valence-corrected chi connectivity index (χ0v) is 17.2. The van der Waals surface area contributed by atoms with Gasteiger partial charge in [0.05, 0.1) is 11.9 Å². The predicted octanol–water partition coefficient (Wildman–Crippen LogP) is 2.61. The molecule has 2 atom stereocenters. The number of carbonyl (C=O) groups excluding carboxylic acids is 1. The van der Waals surface area contributed by atoms with E-state index in [9.17, 15) is 4.79 Å². The van der Waals surface area contributed by atoms with Gasteiger partial charge in [-0.15, -0.1) is 24.2 Å². The second kappa shape index (κ2) is 8.79. The van der Waals surface area contributed by atoms with Crippen molar-refractivity contribution in [2.24, 2.45) is 0 Å². The molecule has 1 aromatic carbocycles. The van der Waals surface area contributed by atoms with Gasteiger partial charge in [0.15, 0.2) is 5.82 Å². The molecule has 1 amide bonds. The number of thioether (sulfide) groups is 1. The van der Waals surface area contributed by atoms with Gasteiger partial charge in [0.25, 0.3) is 5.91 Å². The van der Waals surface area contributed by atoms with Gasteiger partial charge in [-0.25, -0.2) is 0 Å². The molecule has 7 nitrogen and oxygen atoms in total. The minimum atomic E-state index is -0.203. The maximum atomic E-state index is 12.9. The van der Waals surface area contributed by atoms with Gasteiger partial charge in [-0.1, -0.05) is 16.8 Å². The molecule has 27 heavy (non-hydrogen) atoms. The van der Waals surface area contributed by atoms with Crippen molar-refractivity contribution in [3.63, 3.8) is 0 Å². The van der Waals surface area contributed by atoms with E-state index in [1.807, 2.05) is 0 Å². The van der Waals surface area contributed by atoms with E-state index >= 15 is 0 Å². The van der Waals surface area contributed by atoms with Gasteiger partial charge in [0, 0.05) is 36.0 Å². The van der Waals surface area contributed by atoms with Crippen LogP contribution in [0.25, 0.3) is 0 Å². The van der Waals surface area contributed by atoms with Crippen molar-refractivity contribution in [3.05, 3.63) is 46.6 Å². The average Bonchev–Trinajstić information content (AvgIpc) is 3.31. The van der Waals surface area contributed by atoms with E-state index in [2.05, 4.69) is 27.4 Å². The number of aromatic nitrogens is 2. The van der Waals surface area contributed by atoms with Crippen LogP contribution in [0, 0.1) is 0 Å². The first-order valence-electron chi connectivity index (χ1n) is 8.52. The first kappa shape index (κ1) is 20.4. The number of likely N-dealkylation sites (N-methyl/N-ethyl adjacent to an activating group) is 1. The monoisotopic (exact) mass is 429 g/mol. The Morgan fingerprint density at radius 3 is 2.85 bits per heavy atom. The molecule has 1 aromatic heterocycles. The number of halogens is 2. The highest BCUT2D eigenvalue weighted by Crippen LogP contribution is 2.34. The lowest BCUT2D eigenvalue weighted by Crippen LogP contribution is -2.44. The molecule has 3 heterocycles. The Bertz CT molecular complexity index is 788. The number of piperazine rings is 1. The standard InChI is InChI=1S/C17H20ClN5O2S.ClH/c1-22-7-6-19-8-13(22)15-20-16(25-21-15)14-9-26-10-23(14)17(24)11-2-4-12(18)5-3-11;/h2-5,13-14,19H,6-10H2,1H3;1H. The topological polar surface area (TPSA) is 74.5 Å². The van der Waals surface area contributed by atoms with Crippen molar-refractivity contribution >= 4 is 41.7 Å². The van der Waals surface area contributed by atoms with Gasteiger partial charge in [-0.2, -0.15) is 4.98 Å². The molecule has 2 aromatic rings. The highest BCUT2D eigenvalue weighted by Gasteiger charge is 2.36. The number of rotatable bonds is 3. The minimum absolute atomic E-state index is 0. The molecule has 2 aliphatic heterocycles. The summed E-state index contributed by atoms with van der Waals surface area (Å²) in [6.07, 6.45) is 0. The van der Waals surface area contributed by atoms with Crippen LogP contribution >= 0.6 is 35.8 Å². The number of benzene rings is 1. The van der Waals surface area contributed by atoms with Gasteiger partial charge in [0.2, 0.25) is 5.89 Å². The van der Waals surface area contributed by atoms with E-state index in [0.717, 1.165) is 25.4 Å². The normalized spacial score (nSPS) is 23.3. The lowest BCUT2D eigenvalue weighted by molar-refractivity contribution is 0.0722. The molecule has 0 spiro atoms. The first-order chi connectivity index (χ1) is 12.6. The van der Waals surface area contributed by atoms with Crippen LogP contribution in [0.5, 0.6) is 0 Å². The number of nitrogens with zero attached hydrogens (tertiary/aromatic N) is 4. The molecule has 0 saturated carbocycles. The van der Waals surface area contributed by atoms with Crippen molar-refractivity contribution in [3.8, 4) is 0 Å². The summed E-state index contributed by atoms with van der Waals surface area (Å²) in [4.78, 5) is 21.5. The Balaban J connectivity index is 0.00000210. The van der Waals surface area contributed by atoms with E-state index in [4.69, 9.17) is 16.1 Å². The van der Waals surface area contributed by atoms with Crippen molar-refractivity contribution in [1.29, 1.82) is 0 Å². The Kier molecular flexibility index (Phi) is 6.65. The van der Waals surface area contributed by atoms with Crippen LogP contribution in [0.3, 0.4) is 0 Å². The summed E-state index contributed by atoms with van der Waals surface area (Å²) in [7, 11) is 2.06. The van der Waals surface area contributed by atoms with Crippen LogP contribution in [0.4, 0.5) is 0 Å². The fourth-order valence-corrected chi connectivity index (χ4v) is 4.49. The van der Waals surface area contributed by atoms with Crippen LogP contribution in [0.1, 0.15) is 34.2 Å². The highest BCUT2D eigenvalue weighted by atomic mass is 35.5. The van der Waals surface area contributed by atoms with Crippen molar-refractivity contribution in [1.82, 2.24) is 25.3 Å². The molecule has 2 aliphatic rings. The average molecular weight is 430 g/mol. The summed E-state index contributed by atoms with van der Waals surface area (Å²) < 4.78 is 5.54. The number of hydrogen-bond acceptors (Lipinski definition) is 7. The molecular formula is C17H21Cl2N5O2S. The molecule has 146 valence electrons. The van der Waals surface area contributed by atoms with Crippen molar-refractivity contribution < 1.29 is 9.32 Å². The highest BCUT2D eigenvalue weighted by molar-refractivity contribution is 7.99. The third-order valence-corrected chi connectivity index (χ3v) is 6.05. The fourth-order valence-electron chi connectivity index (χ4n) is 3.22. The molecule has 4 rings (SSSR count). The van der Waals surface area contributed by atoms with Crippen LogP contribution < -0.4 is 5.32 Å². The molecule has 10 heteroatoms. The molecular weight excluding hydrogens is 409 g/mol. The molecule has 2 unspecified atom stereocenters. The second-order valence-electron chi connectivity index (χ2n) is 6.49. The molecule has 0 bridgehead atoms. The van der Waals surface area contributed by atoms with Gasteiger partial charge in [0.1, 0.15) is 6.04 Å². The second-order valence-corrected chi connectivity index (χ2v) is 7.93. The number of amides is 1. The van der Waals surface area contributed by atoms with E-state index < -0.39 is 0 Å². The van der Waals surface area contributed by atoms with Gasteiger partial charge < -0.3 is 14.7 Å². The van der Waals surface area contributed by atoms with Gasteiger partial charge in [-0.3, -0.25) is 9.69 Å². The Hall–Kier alpha value is -1.32. The maximum Gasteiger partial charge on any atom is 0.255 e. The van der Waals surface area contributed by atoms with Crippen molar-refractivity contribution in [2.75, 3.05) is 38.3 Å². The molecule has 0 aliphatic carbocycles. The Morgan fingerprint density at radius 1 is 1.33 bits per heavy atom. The van der Waals surface area contributed by atoms with Crippen LogP contribution in [0.15, 0.2) is 28.8 Å². The molecule has 2 fully saturated rings. The lowest BCUT2D eigenvalue weighted by atomic mass is 10.1. The molecule has 0 radical (unpaired) electrons. The fraction of sp³-hybridized carbons (Fsp3) is 0.471. The zero-order chi connectivity index (χ0) is 18.1. The Morgan fingerprint density at radius 2 is 2.11 bits per heavy atom. The largest absolute Gasteiger partial charge is 0.337 e. The third kappa shape index (κ3) is 4.25. The van der Waals surface area contributed by atoms with Crippen LogP contribution in [-0.2, 0) is 0 Å². The van der Waals surface area contributed by atoms with E-state index in [1.165, 1.54) is 0 Å². The quantitative estimate of drug-likeness (QED) is 0.803. The SMILES string of the molecule is CN1CCNCC1c1noc(C2CSCN2C(=O)c2ccc(Cl)cc2)n1.Cl. The summed E-state index contributed by atoms with van der Waals surface area (Å²) in [6.45, 7) is 2.69. The van der Waals surface area contributed by atoms with E-state index in [0.29, 0.717) is 28.2 Å². The maximum absolute atomic E-state index is 12.9. The van der Waals surface area contributed by atoms with Crippen LogP contribution in [0.2, 0.25) is 5.02 Å². The number of carbonyl (C=O) groups is 1.